The van der Waals surface area contributed by atoms with E-state index in [2.05, 4.69) is 10.6 Å². The minimum absolute atomic E-state index is 0.0688. The lowest BCUT2D eigenvalue weighted by Crippen LogP contribution is -2.36. The van der Waals surface area contributed by atoms with Gasteiger partial charge in [-0.1, -0.05) is 12.1 Å². The normalized spacial score (nSPS) is 18.6. The molecule has 0 spiro atoms. The van der Waals surface area contributed by atoms with Gasteiger partial charge in [-0.3, -0.25) is 9.59 Å². The number of benzene rings is 1. The molecule has 2 N–H and O–H groups in total. The van der Waals surface area contributed by atoms with Gasteiger partial charge in [0.15, 0.2) is 0 Å². The first-order chi connectivity index (χ1) is 10.7. The first-order valence-electron chi connectivity index (χ1n) is 7.84. The van der Waals surface area contributed by atoms with Crippen molar-refractivity contribution in [2.24, 2.45) is 5.92 Å². The average molecular weight is 302 g/mol. The van der Waals surface area contributed by atoms with E-state index in [1.807, 2.05) is 24.3 Å². The molecule has 1 aromatic rings. The van der Waals surface area contributed by atoms with E-state index in [0.717, 1.165) is 36.9 Å². The Bertz CT molecular complexity index is 560. The number of hydrogen-bond acceptors (Lipinski definition) is 3. The second-order valence-electron chi connectivity index (χ2n) is 6.17. The lowest BCUT2D eigenvalue weighted by molar-refractivity contribution is -0.123. The fourth-order valence-electron chi connectivity index (χ4n) is 2.67. The Morgan fingerprint density at radius 2 is 1.91 bits per heavy atom. The fourth-order valence-corrected chi connectivity index (χ4v) is 2.67. The van der Waals surface area contributed by atoms with E-state index in [1.54, 1.807) is 7.11 Å². The van der Waals surface area contributed by atoms with Crippen molar-refractivity contribution in [2.45, 2.75) is 31.1 Å². The number of amides is 2. The minimum atomic E-state index is -0.382. The predicted octanol–water partition coefficient (Wildman–Crippen LogP) is 1.83. The number of methoxy groups -OCH3 is 1. The van der Waals surface area contributed by atoms with Crippen molar-refractivity contribution in [2.75, 3.05) is 25.6 Å². The van der Waals surface area contributed by atoms with Gasteiger partial charge >= 0.3 is 0 Å². The van der Waals surface area contributed by atoms with E-state index in [0.29, 0.717) is 13.2 Å². The smallest absolute Gasteiger partial charge is 0.230 e. The summed E-state index contributed by atoms with van der Waals surface area (Å²) < 4.78 is 4.95. The third kappa shape index (κ3) is 3.14. The third-order valence-corrected chi connectivity index (χ3v) is 4.43. The van der Waals surface area contributed by atoms with Crippen molar-refractivity contribution < 1.29 is 14.3 Å². The first-order valence-corrected chi connectivity index (χ1v) is 7.84. The van der Waals surface area contributed by atoms with Crippen LogP contribution >= 0.6 is 0 Å². The molecule has 1 aromatic carbocycles. The van der Waals surface area contributed by atoms with Gasteiger partial charge in [-0.15, -0.1) is 0 Å². The number of hydrogen-bond donors (Lipinski definition) is 2. The van der Waals surface area contributed by atoms with Gasteiger partial charge < -0.3 is 15.4 Å². The molecule has 2 aliphatic rings. The maximum Gasteiger partial charge on any atom is 0.230 e. The minimum Gasteiger partial charge on any atom is -0.383 e. The summed E-state index contributed by atoms with van der Waals surface area (Å²) in [5.41, 5.74) is 1.44. The molecule has 2 fully saturated rings. The number of carbonyl (C=O) groups excluding carboxylic acids is 2. The number of carbonyl (C=O) groups is 2. The summed E-state index contributed by atoms with van der Waals surface area (Å²) in [6, 6.07) is 7.67. The number of anilines is 1. The summed E-state index contributed by atoms with van der Waals surface area (Å²) in [4.78, 5) is 24.1. The van der Waals surface area contributed by atoms with Crippen LogP contribution in [0.15, 0.2) is 24.3 Å². The third-order valence-electron chi connectivity index (χ3n) is 4.43. The Labute approximate surface area is 130 Å². The summed E-state index contributed by atoms with van der Waals surface area (Å²) in [5.74, 6) is 0.367. The summed E-state index contributed by atoms with van der Waals surface area (Å²) in [6.45, 7) is 1.06. The molecule has 3 rings (SSSR count). The zero-order valence-electron chi connectivity index (χ0n) is 12.9. The molecule has 0 saturated heterocycles. The van der Waals surface area contributed by atoms with E-state index in [9.17, 15) is 9.59 Å². The Balaban J connectivity index is 1.61. The lowest BCUT2D eigenvalue weighted by atomic mass is 9.94. The second-order valence-corrected chi connectivity index (χ2v) is 6.17. The molecule has 0 radical (unpaired) electrons. The first kappa shape index (κ1) is 15.0. The van der Waals surface area contributed by atoms with E-state index >= 15 is 0 Å². The highest BCUT2D eigenvalue weighted by atomic mass is 16.5. The molecule has 0 atom stereocenters. The van der Waals surface area contributed by atoms with Crippen LogP contribution in [0.4, 0.5) is 5.69 Å². The Morgan fingerprint density at radius 1 is 1.23 bits per heavy atom. The Kier molecular flexibility index (Phi) is 4.16. The standard InChI is InChI=1S/C17H22N2O3/c1-22-11-10-18-16(21)17(8-9-17)13-4-6-14(7-5-13)19-15(20)12-2-3-12/h4-7,12H,2-3,8-11H2,1H3,(H,18,21)(H,19,20). The molecule has 118 valence electrons. The maximum atomic E-state index is 12.3. The molecule has 5 nitrogen and oxygen atoms in total. The van der Waals surface area contributed by atoms with Crippen molar-refractivity contribution in [1.29, 1.82) is 0 Å². The molecule has 5 heteroatoms. The molecule has 2 saturated carbocycles. The van der Waals surface area contributed by atoms with Gasteiger partial charge in [0.2, 0.25) is 11.8 Å². The summed E-state index contributed by atoms with van der Waals surface area (Å²) in [5, 5.41) is 5.84. The number of nitrogens with one attached hydrogen (secondary N) is 2. The van der Waals surface area contributed by atoms with Crippen LogP contribution in [-0.2, 0) is 19.7 Å². The maximum absolute atomic E-state index is 12.3. The predicted molar refractivity (Wildman–Crippen MR) is 83.6 cm³/mol. The van der Waals surface area contributed by atoms with Gasteiger partial charge in [0.05, 0.1) is 12.0 Å². The van der Waals surface area contributed by atoms with Crippen LogP contribution in [0.1, 0.15) is 31.2 Å². The molecule has 0 aromatic heterocycles. The lowest BCUT2D eigenvalue weighted by Gasteiger charge is -2.16. The molecule has 22 heavy (non-hydrogen) atoms. The molecule has 2 aliphatic carbocycles. The number of ether oxygens (including phenoxy) is 1. The Hall–Kier alpha value is -1.88. The van der Waals surface area contributed by atoms with Crippen LogP contribution in [0, 0.1) is 5.92 Å². The van der Waals surface area contributed by atoms with Gasteiger partial charge in [0.1, 0.15) is 0 Å². The van der Waals surface area contributed by atoms with Gasteiger partial charge in [0, 0.05) is 25.3 Å². The molecular weight excluding hydrogens is 280 g/mol. The monoisotopic (exact) mass is 302 g/mol. The molecule has 2 amide bonds. The Morgan fingerprint density at radius 3 is 2.45 bits per heavy atom. The van der Waals surface area contributed by atoms with Crippen LogP contribution in [0.2, 0.25) is 0 Å². The van der Waals surface area contributed by atoms with Gasteiger partial charge in [0.25, 0.3) is 0 Å². The van der Waals surface area contributed by atoms with Crippen molar-refractivity contribution in [3.63, 3.8) is 0 Å². The van der Waals surface area contributed by atoms with E-state index in [1.165, 1.54) is 0 Å². The molecular formula is C17H22N2O3. The zero-order chi connectivity index (χ0) is 15.6. The van der Waals surface area contributed by atoms with E-state index in [-0.39, 0.29) is 23.1 Å². The topological polar surface area (TPSA) is 67.4 Å². The van der Waals surface area contributed by atoms with Gasteiger partial charge in [-0.05, 0) is 43.4 Å². The summed E-state index contributed by atoms with van der Waals surface area (Å²) in [6.07, 6.45) is 3.74. The number of rotatable bonds is 7. The van der Waals surface area contributed by atoms with Gasteiger partial charge in [-0.2, -0.15) is 0 Å². The average Bonchev–Trinajstić information content (AvgIpc) is 3.40. The van der Waals surface area contributed by atoms with Gasteiger partial charge in [-0.25, -0.2) is 0 Å². The largest absolute Gasteiger partial charge is 0.383 e. The molecule has 0 heterocycles. The van der Waals surface area contributed by atoms with Crippen LogP contribution in [0.25, 0.3) is 0 Å². The van der Waals surface area contributed by atoms with Crippen molar-refractivity contribution in [1.82, 2.24) is 5.32 Å². The van der Waals surface area contributed by atoms with Crippen LogP contribution in [0.3, 0.4) is 0 Å². The van der Waals surface area contributed by atoms with Crippen molar-refractivity contribution in [3.05, 3.63) is 29.8 Å². The molecule has 0 bridgehead atoms. The van der Waals surface area contributed by atoms with E-state index < -0.39 is 0 Å². The highest BCUT2D eigenvalue weighted by Gasteiger charge is 2.51. The van der Waals surface area contributed by atoms with Crippen molar-refractivity contribution in [3.8, 4) is 0 Å². The van der Waals surface area contributed by atoms with Crippen LogP contribution in [-0.4, -0.2) is 32.1 Å². The summed E-state index contributed by atoms with van der Waals surface area (Å²) in [7, 11) is 1.62. The fraction of sp³-hybridized carbons (Fsp3) is 0.529. The van der Waals surface area contributed by atoms with Crippen LogP contribution in [0.5, 0.6) is 0 Å². The van der Waals surface area contributed by atoms with Crippen molar-refractivity contribution >= 4 is 17.5 Å². The zero-order valence-corrected chi connectivity index (χ0v) is 12.9. The second kappa shape index (κ2) is 6.08. The molecule has 0 aliphatic heterocycles. The highest BCUT2D eigenvalue weighted by Crippen LogP contribution is 2.48. The van der Waals surface area contributed by atoms with Crippen LogP contribution < -0.4 is 10.6 Å². The summed E-state index contributed by atoms with van der Waals surface area (Å²) >= 11 is 0. The highest BCUT2D eigenvalue weighted by molar-refractivity contribution is 5.94. The quantitative estimate of drug-likeness (QED) is 0.755. The molecule has 0 unspecified atom stereocenters. The SMILES string of the molecule is COCCNC(=O)C1(c2ccc(NC(=O)C3CC3)cc2)CC1. The van der Waals surface area contributed by atoms with E-state index in [4.69, 9.17) is 4.74 Å².